The Hall–Kier alpha value is -2.48. The maximum atomic E-state index is 12.0. The normalized spacial score (nSPS) is 10.5. The fourth-order valence-corrected chi connectivity index (χ4v) is 2.45. The van der Waals surface area contributed by atoms with E-state index in [1.165, 1.54) is 23.6 Å². The van der Waals surface area contributed by atoms with E-state index in [2.05, 4.69) is 20.6 Å². The smallest absolute Gasteiger partial charge is 0.263 e. The number of aromatic amines is 1. The first-order valence-corrected chi connectivity index (χ1v) is 7.56. The van der Waals surface area contributed by atoms with E-state index in [4.69, 9.17) is 0 Å². The lowest BCUT2D eigenvalue weighted by molar-refractivity contribution is -0.120. The lowest BCUT2D eigenvalue weighted by Crippen LogP contribution is -2.31. The quantitative estimate of drug-likeness (QED) is 0.768. The van der Waals surface area contributed by atoms with Crippen LogP contribution >= 0.6 is 11.3 Å². The van der Waals surface area contributed by atoms with Crippen LogP contribution in [0.15, 0.2) is 28.5 Å². The van der Waals surface area contributed by atoms with Gasteiger partial charge in [-0.2, -0.15) is 0 Å². The van der Waals surface area contributed by atoms with Crippen molar-refractivity contribution >= 4 is 28.3 Å². The Morgan fingerprint density at radius 1 is 1.41 bits per heavy atom. The van der Waals surface area contributed by atoms with E-state index in [0.717, 1.165) is 0 Å². The fourth-order valence-electron chi connectivity index (χ4n) is 1.75. The first-order chi connectivity index (χ1) is 10.5. The number of nitrogens with one attached hydrogen (secondary N) is 3. The molecule has 0 fully saturated rings. The summed E-state index contributed by atoms with van der Waals surface area (Å²) in [6, 6.07) is 3.06. The SMILES string of the molecule is CC(C)NC(=O)Cc1csc(NC(=O)c2ccc[nH]c2=O)n1. The van der Waals surface area contributed by atoms with Gasteiger partial charge in [-0.3, -0.25) is 19.7 Å². The molecular weight excluding hydrogens is 304 g/mol. The maximum absolute atomic E-state index is 12.0. The van der Waals surface area contributed by atoms with Crippen molar-refractivity contribution in [1.29, 1.82) is 0 Å². The molecule has 7 nitrogen and oxygen atoms in total. The first kappa shape index (κ1) is 15.9. The van der Waals surface area contributed by atoms with Crippen LogP contribution in [0.3, 0.4) is 0 Å². The number of anilines is 1. The highest BCUT2D eigenvalue weighted by atomic mass is 32.1. The van der Waals surface area contributed by atoms with Crippen molar-refractivity contribution in [3.8, 4) is 0 Å². The predicted octanol–water partition coefficient (Wildman–Crippen LogP) is 1.15. The Bertz CT molecular complexity index is 735. The molecule has 8 heteroatoms. The zero-order valence-electron chi connectivity index (χ0n) is 12.2. The van der Waals surface area contributed by atoms with E-state index >= 15 is 0 Å². The standard InChI is InChI=1S/C14H16N4O3S/c1-8(2)16-11(19)6-9-7-22-14(17-9)18-13(21)10-4-3-5-15-12(10)20/h3-5,7-8H,6H2,1-2H3,(H,15,20)(H,16,19)(H,17,18,21). The van der Waals surface area contributed by atoms with Gasteiger partial charge in [-0.25, -0.2) is 4.98 Å². The molecule has 0 aliphatic rings. The van der Waals surface area contributed by atoms with Gasteiger partial charge in [0.25, 0.3) is 11.5 Å². The van der Waals surface area contributed by atoms with Crippen LogP contribution in [-0.2, 0) is 11.2 Å². The molecule has 2 rings (SSSR count). The fraction of sp³-hybridized carbons (Fsp3) is 0.286. The molecule has 0 aromatic carbocycles. The minimum absolute atomic E-state index is 0.0109. The third kappa shape index (κ3) is 4.26. The molecule has 2 heterocycles. The van der Waals surface area contributed by atoms with Crippen LogP contribution in [0.4, 0.5) is 5.13 Å². The van der Waals surface area contributed by atoms with Gasteiger partial charge in [-0.05, 0) is 26.0 Å². The number of hydrogen-bond donors (Lipinski definition) is 3. The number of amides is 2. The minimum atomic E-state index is -0.533. The van der Waals surface area contributed by atoms with Crippen molar-refractivity contribution in [2.45, 2.75) is 26.3 Å². The summed E-state index contributed by atoms with van der Waals surface area (Å²) in [5.41, 5.74) is 0.116. The number of H-pyrrole nitrogens is 1. The molecule has 2 aromatic heterocycles. The van der Waals surface area contributed by atoms with Gasteiger partial charge in [0.2, 0.25) is 5.91 Å². The Kier molecular flexibility index (Phi) is 5.05. The van der Waals surface area contributed by atoms with Gasteiger partial charge in [0, 0.05) is 17.6 Å². The zero-order chi connectivity index (χ0) is 16.1. The predicted molar refractivity (Wildman–Crippen MR) is 84.1 cm³/mol. The number of hydrogen-bond acceptors (Lipinski definition) is 5. The van der Waals surface area contributed by atoms with E-state index in [-0.39, 0.29) is 23.9 Å². The van der Waals surface area contributed by atoms with Crippen LogP contribution in [0, 0.1) is 0 Å². The summed E-state index contributed by atoms with van der Waals surface area (Å²) >= 11 is 1.20. The van der Waals surface area contributed by atoms with E-state index in [1.807, 2.05) is 13.8 Å². The summed E-state index contributed by atoms with van der Waals surface area (Å²) in [5, 5.41) is 7.36. The second-order valence-electron chi connectivity index (χ2n) is 4.91. The van der Waals surface area contributed by atoms with Gasteiger partial charge >= 0.3 is 0 Å². The highest BCUT2D eigenvalue weighted by Crippen LogP contribution is 2.16. The molecule has 0 radical (unpaired) electrons. The highest BCUT2D eigenvalue weighted by molar-refractivity contribution is 7.14. The Morgan fingerprint density at radius 2 is 2.18 bits per heavy atom. The van der Waals surface area contributed by atoms with Crippen molar-refractivity contribution < 1.29 is 9.59 Å². The molecule has 0 aliphatic carbocycles. The van der Waals surface area contributed by atoms with Crippen LogP contribution in [0.25, 0.3) is 0 Å². The summed E-state index contributed by atoms with van der Waals surface area (Å²) in [6.07, 6.45) is 1.60. The van der Waals surface area contributed by atoms with Crippen LogP contribution in [-0.4, -0.2) is 27.8 Å². The molecule has 0 saturated carbocycles. The van der Waals surface area contributed by atoms with E-state index in [1.54, 1.807) is 11.4 Å². The second kappa shape index (κ2) is 6.99. The average molecular weight is 320 g/mol. The monoisotopic (exact) mass is 320 g/mol. The second-order valence-corrected chi connectivity index (χ2v) is 5.77. The highest BCUT2D eigenvalue weighted by Gasteiger charge is 2.13. The summed E-state index contributed by atoms with van der Waals surface area (Å²) in [4.78, 5) is 41.7. The maximum Gasteiger partial charge on any atom is 0.263 e. The first-order valence-electron chi connectivity index (χ1n) is 6.68. The molecular formula is C14H16N4O3S. The molecule has 3 N–H and O–H groups in total. The molecule has 2 amide bonds. The summed E-state index contributed by atoms with van der Waals surface area (Å²) in [5.74, 6) is -0.660. The van der Waals surface area contributed by atoms with E-state index in [9.17, 15) is 14.4 Å². The number of nitrogens with zero attached hydrogens (tertiary/aromatic N) is 1. The Balaban J connectivity index is 2.00. The summed E-state index contributed by atoms with van der Waals surface area (Å²) in [7, 11) is 0. The molecule has 0 saturated heterocycles. The van der Waals surface area contributed by atoms with Gasteiger partial charge in [0.1, 0.15) is 5.56 Å². The van der Waals surface area contributed by atoms with Crippen molar-refractivity contribution in [2.75, 3.05) is 5.32 Å². The Morgan fingerprint density at radius 3 is 2.86 bits per heavy atom. The van der Waals surface area contributed by atoms with Gasteiger partial charge in [0.05, 0.1) is 12.1 Å². The third-order valence-corrected chi connectivity index (χ3v) is 3.43. The zero-order valence-corrected chi connectivity index (χ0v) is 13.0. The van der Waals surface area contributed by atoms with Gasteiger partial charge in [-0.1, -0.05) is 0 Å². The van der Waals surface area contributed by atoms with Crippen LogP contribution in [0.5, 0.6) is 0 Å². The molecule has 0 atom stereocenters. The molecule has 2 aromatic rings. The van der Waals surface area contributed by atoms with Gasteiger partial charge in [0.15, 0.2) is 5.13 Å². The number of aromatic nitrogens is 2. The molecule has 22 heavy (non-hydrogen) atoms. The van der Waals surface area contributed by atoms with E-state index < -0.39 is 11.5 Å². The molecule has 0 spiro atoms. The molecule has 116 valence electrons. The molecule has 0 unspecified atom stereocenters. The van der Waals surface area contributed by atoms with Crippen LogP contribution < -0.4 is 16.2 Å². The summed E-state index contributed by atoms with van der Waals surface area (Å²) < 4.78 is 0. The largest absolute Gasteiger partial charge is 0.354 e. The third-order valence-electron chi connectivity index (χ3n) is 2.63. The number of pyridine rings is 1. The Labute approximate surface area is 130 Å². The number of carbonyl (C=O) groups excluding carboxylic acids is 2. The van der Waals surface area contributed by atoms with Gasteiger partial charge in [-0.15, -0.1) is 11.3 Å². The van der Waals surface area contributed by atoms with E-state index in [0.29, 0.717) is 10.8 Å². The van der Waals surface area contributed by atoms with Gasteiger partial charge < -0.3 is 10.3 Å². The number of carbonyl (C=O) groups is 2. The topological polar surface area (TPSA) is 104 Å². The number of rotatable bonds is 5. The van der Waals surface area contributed by atoms with Crippen molar-refractivity contribution in [2.24, 2.45) is 0 Å². The number of thiazole rings is 1. The lowest BCUT2D eigenvalue weighted by Gasteiger charge is -2.06. The van der Waals surface area contributed by atoms with Crippen LogP contribution in [0.1, 0.15) is 29.9 Å². The van der Waals surface area contributed by atoms with Crippen molar-refractivity contribution in [3.63, 3.8) is 0 Å². The summed E-state index contributed by atoms with van der Waals surface area (Å²) in [6.45, 7) is 3.75. The minimum Gasteiger partial charge on any atom is -0.354 e. The van der Waals surface area contributed by atoms with Crippen molar-refractivity contribution in [3.05, 3.63) is 45.3 Å². The molecule has 0 bridgehead atoms. The van der Waals surface area contributed by atoms with Crippen LogP contribution in [0.2, 0.25) is 0 Å². The molecule has 0 aliphatic heterocycles. The lowest BCUT2D eigenvalue weighted by atomic mass is 10.2. The van der Waals surface area contributed by atoms with Crippen molar-refractivity contribution in [1.82, 2.24) is 15.3 Å². The average Bonchev–Trinajstić information content (AvgIpc) is 2.85.